The fourth-order valence-electron chi connectivity index (χ4n) is 5.39. The molecule has 0 heterocycles. The van der Waals surface area contributed by atoms with Crippen LogP contribution in [0.3, 0.4) is 0 Å². The number of carboxylic acid groups (broad SMARTS) is 1. The van der Waals surface area contributed by atoms with Crippen LogP contribution in [0.1, 0.15) is 86.8 Å². The molecule has 0 radical (unpaired) electrons. The summed E-state index contributed by atoms with van der Waals surface area (Å²) >= 11 is 0. The molecule has 0 fully saturated rings. The first-order valence-electron chi connectivity index (χ1n) is 13.6. The van der Waals surface area contributed by atoms with Crippen LogP contribution in [0.5, 0.6) is 0 Å². The minimum absolute atomic E-state index is 0.0415. The van der Waals surface area contributed by atoms with Crippen molar-refractivity contribution in [3.63, 3.8) is 0 Å². The van der Waals surface area contributed by atoms with Gasteiger partial charge in [0.25, 0.3) is 0 Å². The van der Waals surface area contributed by atoms with Crippen LogP contribution in [-0.2, 0) is 16.6 Å². The number of aliphatic hydroxyl groups is 1. The minimum atomic E-state index is -0.813. The standard InChI is InChI=1S/C34H42O3/c1-7-33(37,8-2)20-19-27-15-16-29(21-24(27)5)34(9-3,10-4)30-17-18-31(25(6)22-30)28-13-11-26(12-14-28)23-32(35)36/h11-22,37H,7-10,23H2,1-6H3,(H,35,36). The number of carboxylic acids is 1. The second-order valence-corrected chi connectivity index (χ2v) is 10.3. The zero-order valence-corrected chi connectivity index (χ0v) is 23.3. The zero-order chi connectivity index (χ0) is 27.2. The quantitative estimate of drug-likeness (QED) is 0.280. The molecule has 0 aliphatic carbocycles. The van der Waals surface area contributed by atoms with E-state index in [-0.39, 0.29) is 11.8 Å². The monoisotopic (exact) mass is 498 g/mol. The van der Waals surface area contributed by atoms with E-state index in [0.717, 1.165) is 29.5 Å². The Kier molecular flexibility index (Phi) is 9.15. The Hall–Kier alpha value is -3.17. The van der Waals surface area contributed by atoms with Gasteiger partial charge in [0, 0.05) is 5.41 Å². The van der Waals surface area contributed by atoms with Crippen LogP contribution < -0.4 is 0 Å². The Labute approximate surface area is 222 Å². The topological polar surface area (TPSA) is 57.5 Å². The van der Waals surface area contributed by atoms with Gasteiger partial charge in [0.2, 0.25) is 0 Å². The van der Waals surface area contributed by atoms with Crippen LogP contribution >= 0.6 is 0 Å². The van der Waals surface area contributed by atoms with Gasteiger partial charge in [-0.15, -0.1) is 0 Å². The fourth-order valence-corrected chi connectivity index (χ4v) is 5.39. The van der Waals surface area contributed by atoms with E-state index >= 15 is 0 Å². The number of benzene rings is 3. The average Bonchev–Trinajstić information content (AvgIpc) is 2.89. The third-order valence-electron chi connectivity index (χ3n) is 8.23. The van der Waals surface area contributed by atoms with E-state index in [1.807, 2.05) is 44.2 Å². The Balaban J connectivity index is 1.96. The first-order chi connectivity index (χ1) is 17.6. The normalized spacial score (nSPS) is 12.3. The predicted octanol–water partition coefficient (Wildman–Crippen LogP) is 8.27. The summed E-state index contributed by atoms with van der Waals surface area (Å²) in [6, 6.07) is 21.4. The van der Waals surface area contributed by atoms with Crippen molar-refractivity contribution >= 4 is 12.0 Å². The highest BCUT2D eigenvalue weighted by Crippen LogP contribution is 2.41. The van der Waals surface area contributed by atoms with Gasteiger partial charge < -0.3 is 10.2 Å². The molecule has 3 heteroatoms. The molecule has 0 aliphatic heterocycles. The fraction of sp³-hybridized carbons (Fsp3) is 0.382. The van der Waals surface area contributed by atoms with Gasteiger partial charge in [-0.05, 0) is 84.0 Å². The zero-order valence-electron chi connectivity index (χ0n) is 23.3. The molecular weight excluding hydrogens is 456 g/mol. The van der Waals surface area contributed by atoms with Crippen molar-refractivity contribution < 1.29 is 15.0 Å². The maximum Gasteiger partial charge on any atom is 0.307 e. The number of aryl methyl sites for hydroxylation is 2. The van der Waals surface area contributed by atoms with Gasteiger partial charge in [-0.25, -0.2) is 0 Å². The highest BCUT2D eigenvalue weighted by atomic mass is 16.4. The SMILES string of the molecule is CCC(O)(C=Cc1ccc(C(CC)(CC)c2ccc(-c3ccc(CC(=O)O)cc3)c(C)c2)cc1C)CC. The van der Waals surface area contributed by atoms with Crippen LogP contribution in [0, 0.1) is 13.8 Å². The molecule has 0 aromatic heterocycles. The molecule has 0 saturated heterocycles. The Morgan fingerprint density at radius 2 is 1.35 bits per heavy atom. The molecule has 3 nitrogen and oxygen atoms in total. The summed E-state index contributed by atoms with van der Waals surface area (Å²) in [5.41, 5.74) is 8.44. The molecule has 0 unspecified atom stereocenters. The van der Waals surface area contributed by atoms with Crippen LogP contribution in [0.2, 0.25) is 0 Å². The molecule has 0 bridgehead atoms. The van der Waals surface area contributed by atoms with Gasteiger partial charge >= 0.3 is 5.97 Å². The maximum atomic E-state index is 11.0. The smallest absolute Gasteiger partial charge is 0.307 e. The first-order valence-corrected chi connectivity index (χ1v) is 13.6. The minimum Gasteiger partial charge on any atom is -0.481 e. The van der Waals surface area contributed by atoms with E-state index in [1.54, 1.807) is 0 Å². The summed E-state index contributed by atoms with van der Waals surface area (Å²) in [7, 11) is 0. The van der Waals surface area contributed by atoms with E-state index in [4.69, 9.17) is 5.11 Å². The molecule has 3 aromatic carbocycles. The molecule has 196 valence electrons. The van der Waals surface area contributed by atoms with Crippen molar-refractivity contribution in [2.45, 2.75) is 84.7 Å². The van der Waals surface area contributed by atoms with Gasteiger partial charge in [0.05, 0.1) is 12.0 Å². The third kappa shape index (κ3) is 6.22. The molecule has 3 rings (SSSR count). The van der Waals surface area contributed by atoms with E-state index in [1.165, 1.54) is 27.8 Å². The number of rotatable bonds is 11. The van der Waals surface area contributed by atoms with Crippen LogP contribution in [-0.4, -0.2) is 21.8 Å². The lowest BCUT2D eigenvalue weighted by molar-refractivity contribution is -0.136. The van der Waals surface area contributed by atoms with E-state index in [9.17, 15) is 9.90 Å². The molecular formula is C34H42O3. The average molecular weight is 499 g/mol. The Bertz CT molecular complexity index is 1240. The summed E-state index contributed by atoms with van der Waals surface area (Å²) in [6.45, 7) is 12.9. The number of aliphatic carboxylic acids is 1. The lowest BCUT2D eigenvalue weighted by Crippen LogP contribution is -2.26. The summed E-state index contributed by atoms with van der Waals surface area (Å²) in [4.78, 5) is 11.0. The molecule has 2 N–H and O–H groups in total. The summed E-state index contributed by atoms with van der Waals surface area (Å²) in [6.07, 6.45) is 7.43. The highest BCUT2D eigenvalue weighted by molar-refractivity contribution is 5.72. The van der Waals surface area contributed by atoms with E-state index in [2.05, 4.69) is 70.2 Å². The van der Waals surface area contributed by atoms with Crippen molar-refractivity contribution in [2.75, 3.05) is 0 Å². The van der Waals surface area contributed by atoms with Crippen LogP contribution in [0.25, 0.3) is 17.2 Å². The van der Waals surface area contributed by atoms with Crippen molar-refractivity contribution in [2.24, 2.45) is 0 Å². The summed E-state index contributed by atoms with van der Waals surface area (Å²) in [5, 5.41) is 19.7. The molecule has 0 aliphatic rings. The lowest BCUT2D eigenvalue weighted by atomic mass is 9.69. The van der Waals surface area contributed by atoms with Gasteiger partial charge in [0.15, 0.2) is 0 Å². The second-order valence-electron chi connectivity index (χ2n) is 10.3. The number of hydrogen-bond acceptors (Lipinski definition) is 2. The molecule has 0 saturated carbocycles. The molecule has 3 aromatic rings. The number of carbonyl (C=O) groups is 1. The van der Waals surface area contributed by atoms with Crippen LogP contribution in [0.15, 0.2) is 66.7 Å². The van der Waals surface area contributed by atoms with Gasteiger partial charge in [-0.2, -0.15) is 0 Å². The van der Waals surface area contributed by atoms with Gasteiger partial charge in [-0.1, -0.05) is 101 Å². The Morgan fingerprint density at radius 1 is 0.784 bits per heavy atom. The van der Waals surface area contributed by atoms with Crippen molar-refractivity contribution in [1.82, 2.24) is 0 Å². The van der Waals surface area contributed by atoms with E-state index in [0.29, 0.717) is 12.8 Å². The Morgan fingerprint density at radius 3 is 1.84 bits per heavy atom. The largest absolute Gasteiger partial charge is 0.481 e. The lowest BCUT2D eigenvalue weighted by Gasteiger charge is -2.34. The number of hydrogen-bond donors (Lipinski definition) is 2. The van der Waals surface area contributed by atoms with Gasteiger partial charge in [0.1, 0.15) is 0 Å². The summed E-state index contributed by atoms with van der Waals surface area (Å²) < 4.78 is 0. The molecule has 0 atom stereocenters. The first kappa shape index (κ1) is 28.4. The molecule has 0 amide bonds. The van der Waals surface area contributed by atoms with Gasteiger partial charge in [-0.3, -0.25) is 4.79 Å². The van der Waals surface area contributed by atoms with Crippen LogP contribution in [0.4, 0.5) is 0 Å². The third-order valence-corrected chi connectivity index (χ3v) is 8.23. The molecule has 37 heavy (non-hydrogen) atoms. The predicted molar refractivity (Wildman–Crippen MR) is 155 cm³/mol. The van der Waals surface area contributed by atoms with Crippen molar-refractivity contribution in [3.05, 3.63) is 100 Å². The van der Waals surface area contributed by atoms with Crippen molar-refractivity contribution in [1.29, 1.82) is 0 Å². The van der Waals surface area contributed by atoms with Crippen molar-refractivity contribution in [3.8, 4) is 11.1 Å². The second kappa shape index (κ2) is 11.9. The highest BCUT2D eigenvalue weighted by Gasteiger charge is 2.31. The van der Waals surface area contributed by atoms with E-state index < -0.39 is 11.6 Å². The summed E-state index contributed by atoms with van der Waals surface area (Å²) in [5.74, 6) is -0.813. The maximum absolute atomic E-state index is 11.0. The molecule has 0 spiro atoms.